The van der Waals surface area contributed by atoms with Crippen LogP contribution in [0, 0.1) is 0 Å². The quantitative estimate of drug-likeness (QED) is 0.708. The summed E-state index contributed by atoms with van der Waals surface area (Å²) in [7, 11) is 1.49. The molecule has 74 valence electrons. The van der Waals surface area contributed by atoms with Crippen LogP contribution < -0.4 is 10.5 Å². The second-order valence-corrected chi connectivity index (χ2v) is 2.99. The highest BCUT2D eigenvalue weighted by atomic mass is 16.7. The molecule has 0 N–H and O–H groups in total. The monoisotopic (exact) mass is 192 g/mol. The molecule has 0 fully saturated rings. The van der Waals surface area contributed by atoms with Crippen LogP contribution >= 0.6 is 0 Å². The van der Waals surface area contributed by atoms with Crippen molar-refractivity contribution in [2.75, 3.05) is 7.11 Å². The third kappa shape index (κ3) is 1.04. The maximum absolute atomic E-state index is 11.8. The lowest BCUT2D eigenvalue weighted by molar-refractivity contribution is 0.166. The molecule has 4 heteroatoms. The highest BCUT2D eigenvalue weighted by Crippen LogP contribution is 2.10. The van der Waals surface area contributed by atoms with Gasteiger partial charge in [-0.25, -0.2) is 4.79 Å². The first-order valence-electron chi connectivity index (χ1n) is 4.54. The van der Waals surface area contributed by atoms with Gasteiger partial charge in [0.2, 0.25) is 0 Å². The number of nitrogens with zero attached hydrogens (tertiary/aromatic N) is 2. The van der Waals surface area contributed by atoms with Crippen LogP contribution in [-0.4, -0.2) is 16.4 Å². The SMILES string of the molecule is CCn1c(=O)n(OC)c2ccccc21. The Hall–Kier alpha value is -1.71. The number of imidazole rings is 1. The summed E-state index contributed by atoms with van der Waals surface area (Å²) in [6.45, 7) is 2.59. The highest BCUT2D eigenvalue weighted by molar-refractivity contribution is 5.75. The van der Waals surface area contributed by atoms with Gasteiger partial charge in [0.1, 0.15) is 12.6 Å². The van der Waals surface area contributed by atoms with Crippen molar-refractivity contribution in [1.29, 1.82) is 0 Å². The molecule has 1 heterocycles. The molecular weight excluding hydrogens is 180 g/mol. The van der Waals surface area contributed by atoms with Gasteiger partial charge in [0.25, 0.3) is 0 Å². The molecule has 2 rings (SSSR count). The third-order valence-corrected chi connectivity index (χ3v) is 2.29. The van der Waals surface area contributed by atoms with E-state index in [1.807, 2.05) is 31.2 Å². The minimum atomic E-state index is -0.129. The largest absolute Gasteiger partial charge is 0.412 e. The average molecular weight is 192 g/mol. The molecule has 2 aromatic rings. The molecule has 0 radical (unpaired) electrons. The Balaban J connectivity index is 2.92. The van der Waals surface area contributed by atoms with E-state index in [1.54, 1.807) is 4.57 Å². The van der Waals surface area contributed by atoms with Gasteiger partial charge in [-0.1, -0.05) is 12.1 Å². The molecule has 0 saturated heterocycles. The van der Waals surface area contributed by atoms with Gasteiger partial charge in [0.05, 0.1) is 5.52 Å². The summed E-state index contributed by atoms with van der Waals surface area (Å²) in [5.41, 5.74) is 1.58. The number of hydrogen-bond donors (Lipinski definition) is 0. The van der Waals surface area contributed by atoms with Crippen molar-refractivity contribution in [1.82, 2.24) is 9.30 Å². The van der Waals surface area contributed by atoms with Crippen LogP contribution in [0.25, 0.3) is 11.0 Å². The smallest absolute Gasteiger partial charge is 0.362 e. The summed E-state index contributed by atoms with van der Waals surface area (Å²) in [6, 6.07) is 7.58. The minimum absolute atomic E-state index is 0.129. The number of benzene rings is 1. The molecule has 0 aliphatic heterocycles. The van der Waals surface area contributed by atoms with Crippen molar-refractivity contribution in [3.63, 3.8) is 0 Å². The first-order valence-corrected chi connectivity index (χ1v) is 4.54. The number of aryl methyl sites for hydroxylation is 1. The zero-order valence-electron chi connectivity index (χ0n) is 8.23. The number of rotatable bonds is 2. The fourth-order valence-corrected chi connectivity index (χ4v) is 1.66. The summed E-state index contributed by atoms with van der Waals surface area (Å²) in [5, 5.41) is 0. The van der Waals surface area contributed by atoms with Crippen LogP contribution in [0.5, 0.6) is 0 Å². The molecule has 0 aliphatic rings. The molecule has 1 aromatic carbocycles. The van der Waals surface area contributed by atoms with E-state index < -0.39 is 0 Å². The Bertz CT molecular complexity index is 466. The third-order valence-electron chi connectivity index (χ3n) is 2.29. The van der Waals surface area contributed by atoms with Crippen molar-refractivity contribution >= 4 is 11.0 Å². The normalized spacial score (nSPS) is 10.7. The van der Waals surface area contributed by atoms with E-state index in [9.17, 15) is 4.79 Å². The van der Waals surface area contributed by atoms with Crippen molar-refractivity contribution in [2.24, 2.45) is 0 Å². The lowest BCUT2D eigenvalue weighted by Gasteiger charge is -1.97. The highest BCUT2D eigenvalue weighted by Gasteiger charge is 2.10. The van der Waals surface area contributed by atoms with Crippen molar-refractivity contribution in [2.45, 2.75) is 13.5 Å². The molecule has 1 aromatic heterocycles. The Kier molecular flexibility index (Phi) is 2.04. The van der Waals surface area contributed by atoms with E-state index in [-0.39, 0.29) is 5.69 Å². The lowest BCUT2D eigenvalue weighted by Crippen LogP contribution is -2.27. The van der Waals surface area contributed by atoms with Gasteiger partial charge in [-0.3, -0.25) is 4.57 Å². The molecule has 14 heavy (non-hydrogen) atoms. The minimum Gasteiger partial charge on any atom is -0.412 e. The van der Waals surface area contributed by atoms with Crippen molar-refractivity contribution in [3.8, 4) is 0 Å². The summed E-state index contributed by atoms with van der Waals surface area (Å²) in [6.07, 6.45) is 0. The zero-order chi connectivity index (χ0) is 10.1. The molecule has 0 amide bonds. The van der Waals surface area contributed by atoms with Crippen LogP contribution in [-0.2, 0) is 6.54 Å². The van der Waals surface area contributed by atoms with E-state index >= 15 is 0 Å². The Morgan fingerprint density at radius 2 is 1.93 bits per heavy atom. The number of fused-ring (bicyclic) bond motifs is 1. The predicted octanol–water partition coefficient (Wildman–Crippen LogP) is 0.881. The molecule has 4 nitrogen and oxygen atoms in total. The van der Waals surface area contributed by atoms with Crippen molar-refractivity contribution < 1.29 is 4.84 Å². The van der Waals surface area contributed by atoms with Crippen molar-refractivity contribution in [3.05, 3.63) is 34.7 Å². The predicted molar refractivity (Wildman–Crippen MR) is 54.4 cm³/mol. The van der Waals surface area contributed by atoms with Gasteiger partial charge in [-0.2, -0.15) is 0 Å². The molecule has 0 aliphatic carbocycles. The number of para-hydroxylation sites is 2. The maximum Gasteiger partial charge on any atom is 0.362 e. The van der Waals surface area contributed by atoms with Gasteiger partial charge in [0.15, 0.2) is 0 Å². The van der Waals surface area contributed by atoms with Crippen LogP contribution in [0.2, 0.25) is 0 Å². The van der Waals surface area contributed by atoms with E-state index in [2.05, 4.69) is 0 Å². The summed E-state index contributed by atoms with van der Waals surface area (Å²) in [4.78, 5) is 16.8. The van der Waals surface area contributed by atoms with Crippen LogP contribution in [0.3, 0.4) is 0 Å². The van der Waals surface area contributed by atoms with E-state index in [0.717, 1.165) is 11.0 Å². The first-order chi connectivity index (χ1) is 6.79. The number of aromatic nitrogens is 2. The number of hydrogen-bond acceptors (Lipinski definition) is 2. The Labute approximate surface area is 81.3 Å². The van der Waals surface area contributed by atoms with Gasteiger partial charge in [-0.15, -0.1) is 4.73 Å². The maximum atomic E-state index is 11.8. The van der Waals surface area contributed by atoms with Gasteiger partial charge < -0.3 is 4.84 Å². The average Bonchev–Trinajstić information content (AvgIpc) is 2.49. The van der Waals surface area contributed by atoms with Crippen LogP contribution in [0.4, 0.5) is 0 Å². The molecule has 0 spiro atoms. The molecule has 0 atom stereocenters. The van der Waals surface area contributed by atoms with E-state index in [0.29, 0.717) is 6.54 Å². The molecular formula is C10H12N2O2. The molecule has 0 bridgehead atoms. The zero-order valence-corrected chi connectivity index (χ0v) is 8.23. The fourth-order valence-electron chi connectivity index (χ4n) is 1.66. The summed E-state index contributed by atoms with van der Waals surface area (Å²) < 4.78 is 2.98. The molecule has 0 unspecified atom stereocenters. The molecule has 0 saturated carbocycles. The summed E-state index contributed by atoms with van der Waals surface area (Å²) >= 11 is 0. The Morgan fingerprint density at radius 1 is 1.29 bits per heavy atom. The fraction of sp³-hybridized carbons (Fsp3) is 0.300. The second kappa shape index (κ2) is 3.21. The van der Waals surface area contributed by atoms with Gasteiger partial charge in [0, 0.05) is 6.54 Å². The lowest BCUT2D eigenvalue weighted by atomic mass is 10.3. The summed E-state index contributed by atoms with van der Waals surface area (Å²) in [5.74, 6) is 0. The second-order valence-electron chi connectivity index (χ2n) is 2.99. The van der Waals surface area contributed by atoms with Gasteiger partial charge in [-0.05, 0) is 19.1 Å². The topological polar surface area (TPSA) is 36.2 Å². The first kappa shape index (κ1) is 8.87. The standard InChI is InChI=1S/C10H12N2O2/c1-3-11-8-6-4-5-7-9(8)12(14-2)10(11)13/h4-7H,3H2,1-2H3. The Morgan fingerprint density at radius 3 is 2.50 bits per heavy atom. The van der Waals surface area contributed by atoms with Crippen LogP contribution in [0.15, 0.2) is 29.1 Å². The van der Waals surface area contributed by atoms with Crippen LogP contribution in [0.1, 0.15) is 6.92 Å². The van der Waals surface area contributed by atoms with E-state index in [1.165, 1.54) is 11.8 Å². The van der Waals surface area contributed by atoms with E-state index in [4.69, 9.17) is 4.84 Å². The van der Waals surface area contributed by atoms with Gasteiger partial charge >= 0.3 is 5.69 Å².